The molecule has 0 spiro atoms. The predicted octanol–water partition coefficient (Wildman–Crippen LogP) is 4.74. The minimum atomic E-state index is 0.320. The molecule has 3 aromatic rings. The van der Waals surface area contributed by atoms with Gasteiger partial charge in [0.2, 0.25) is 0 Å². The third-order valence-corrected chi connectivity index (χ3v) is 4.76. The van der Waals surface area contributed by atoms with Gasteiger partial charge in [0.15, 0.2) is 0 Å². The van der Waals surface area contributed by atoms with E-state index in [1.165, 1.54) is 22.0 Å². The van der Waals surface area contributed by atoms with Gasteiger partial charge in [-0.3, -0.25) is 0 Å². The molecule has 3 nitrogen and oxygen atoms in total. The van der Waals surface area contributed by atoms with Crippen LogP contribution in [-0.4, -0.2) is 17.7 Å². The molecule has 1 unspecified atom stereocenters. The number of nitrogens with two attached hydrogens (primary N) is 1. The van der Waals surface area contributed by atoms with E-state index in [1.54, 1.807) is 0 Å². The summed E-state index contributed by atoms with van der Waals surface area (Å²) in [5, 5.41) is 1.32. The molecule has 0 saturated heterocycles. The standard InChI is InChI=1S/C22H28N2O/c1-3-13-25-19-11-9-17(10-12-19)14-18(15-23)21-16-24(4-2)22-8-6-5-7-20(21)22/h5-12,16,18H,3-4,13-15,23H2,1-2H3. The lowest BCUT2D eigenvalue weighted by molar-refractivity contribution is 0.317. The summed E-state index contributed by atoms with van der Waals surface area (Å²) in [6, 6.07) is 17.1. The molecule has 0 radical (unpaired) electrons. The van der Waals surface area contributed by atoms with Crippen molar-refractivity contribution in [3.63, 3.8) is 0 Å². The predicted molar refractivity (Wildman–Crippen MR) is 105 cm³/mol. The number of aromatic nitrogens is 1. The van der Waals surface area contributed by atoms with E-state index < -0.39 is 0 Å². The summed E-state index contributed by atoms with van der Waals surface area (Å²) in [4.78, 5) is 0. The van der Waals surface area contributed by atoms with Crippen LogP contribution < -0.4 is 10.5 Å². The van der Waals surface area contributed by atoms with Gasteiger partial charge in [-0.2, -0.15) is 0 Å². The molecule has 0 fully saturated rings. The summed E-state index contributed by atoms with van der Waals surface area (Å²) >= 11 is 0. The Morgan fingerprint density at radius 2 is 1.80 bits per heavy atom. The number of nitrogens with zero attached hydrogens (tertiary/aromatic N) is 1. The number of hydrogen-bond acceptors (Lipinski definition) is 2. The van der Waals surface area contributed by atoms with E-state index in [0.29, 0.717) is 12.5 Å². The second-order valence-corrected chi connectivity index (χ2v) is 6.52. The fourth-order valence-electron chi connectivity index (χ4n) is 3.41. The molecule has 1 atom stereocenters. The van der Waals surface area contributed by atoms with Gasteiger partial charge in [-0.1, -0.05) is 37.3 Å². The highest BCUT2D eigenvalue weighted by atomic mass is 16.5. The second-order valence-electron chi connectivity index (χ2n) is 6.52. The van der Waals surface area contributed by atoms with Gasteiger partial charge in [0.25, 0.3) is 0 Å². The number of benzene rings is 2. The van der Waals surface area contributed by atoms with E-state index in [9.17, 15) is 0 Å². The first-order valence-electron chi connectivity index (χ1n) is 9.26. The quantitative estimate of drug-likeness (QED) is 0.646. The molecule has 0 aliphatic carbocycles. The van der Waals surface area contributed by atoms with Gasteiger partial charge >= 0.3 is 0 Å². The maximum atomic E-state index is 6.16. The van der Waals surface area contributed by atoms with Crippen LogP contribution in [0, 0.1) is 0 Å². The summed E-state index contributed by atoms with van der Waals surface area (Å²) in [6.45, 7) is 6.68. The molecular formula is C22H28N2O. The van der Waals surface area contributed by atoms with Crippen LogP contribution in [0.4, 0.5) is 0 Å². The molecule has 1 aromatic heterocycles. The number of aryl methyl sites for hydroxylation is 1. The number of ether oxygens (including phenoxy) is 1. The van der Waals surface area contributed by atoms with Gasteiger partial charge in [0, 0.05) is 29.6 Å². The Hall–Kier alpha value is -2.26. The maximum Gasteiger partial charge on any atom is 0.119 e. The molecular weight excluding hydrogens is 308 g/mol. The van der Waals surface area contributed by atoms with Crippen molar-refractivity contribution < 1.29 is 4.74 Å². The first-order valence-corrected chi connectivity index (χ1v) is 9.26. The average molecular weight is 336 g/mol. The third kappa shape index (κ3) is 3.88. The third-order valence-electron chi connectivity index (χ3n) is 4.76. The summed E-state index contributed by atoms with van der Waals surface area (Å²) in [7, 11) is 0. The van der Waals surface area contributed by atoms with Crippen LogP contribution in [0.15, 0.2) is 54.7 Å². The Kier molecular flexibility index (Phi) is 5.77. The van der Waals surface area contributed by atoms with Crippen molar-refractivity contribution in [2.45, 2.75) is 39.2 Å². The van der Waals surface area contributed by atoms with Crippen molar-refractivity contribution in [2.75, 3.05) is 13.2 Å². The molecule has 3 rings (SSSR count). The molecule has 0 amide bonds. The minimum absolute atomic E-state index is 0.320. The van der Waals surface area contributed by atoms with E-state index in [1.807, 2.05) is 0 Å². The summed E-state index contributed by atoms with van der Waals surface area (Å²) < 4.78 is 7.99. The number of fused-ring (bicyclic) bond motifs is 1. The second kappa shape index (κ2) is 8.21. The lowest BCUT2D eigenvalue weighted by atomic mass is 9.92. The van der Waals surface area contributed by atoms with Gasteiger partial charge in [-0.15, -0.1) is 0 Å². The van der Waals surface area contributed by atoms with Crippen molar-refractivity contribution in [3.8, 4) is 5.75 Å². The fourth-order valence-corrected chi connectivity index (χ4v) is 3.41. The zero-order chi connectivity index (χ0) is 17.6. The van der Waals surface area contributed by atoms with E-state index in [2.05, 4.69) is 73.1 Å². The van der Waals surface area contributed by atoms with Crippen LogP contribution in [0.3, 0.4) is 0 Å². The maximum absolute atomic E-state index is 6.16. The molecule has 2 aromatic carbocycles. The van der Waals surface area contributed by atoms with Crippen LogP contribution in [0.1, 0.15) is 37.3 Å². The molecule has 1 heterocycles. The zero-order valence-corrected chi connectivity index (χ0v) is 15.2. The van der Waals surface area contributed by atoms with Crippen molar-refractivity contribution in [1.29, 1.82) is 0 Å². The van der Waals surface area contributed by atoms with Crippen molar-refractivity contribution >= 4 is 10.9 Å². The minimum Gasteiger partial charge on any atom is -0.494 e. The highest BCUT2D eigenvalue weighted by molar-refractivity contribution is 5.84. The summed E-state index contributed by atoms with van der Waals surface area (Å²) in [5.74, 6) is 1.26. The van der Waals surface area contributed by atoms with Crippen molar-refractivity contribution in [2.24, 2.45) is 5.73 Å². The Labute approximate surface area is 150 Å². The molecule has 3 heteroatoms. The van der Waals surface area contributed by atoms with Gasteiger partial charge in [-0.05, 0) is 55.6 Å². The van der Waals surface area contributed by atoms with E-state index in [4.69, 9.17) is 10.5 Å². The Bertz CT molecular complexity index is 805. The topological polar surface area (TPSA) is 40.2 Å². The largest absolute Gasteiger partial charge is 0.494 e. The van der Waals surface area contributed by atoms with Crippen LogP contribution in [0.2, 0.25) is 0 Å². The highest BCUT2D eigenvalue weighted by Crippen LogP contribution is 2.30. The zero-order valence-electron chi connectivity index (χ0n) is 15.2. The fraction of sp³-hybridized carbons (Fsp3) is 0.364. The number of hydrogen-bond donors (Lipinski definition) is 1. The smallest absolute Gasteiger partial charge is 0.119 e. The van der Waals surface area contributed by atoms with Gasteiger partial charge in [0.05, 0.1) is 6.61 Å². The SMILES string of the molecule is CCCOc1ccc(CC(CN)c2cn(CC)c3ccccc23)cc1. The number of rotatable bonds is 8. The first kappa shape index (κ1) is 17.6. The van der Waals surface area contributed by atoms with Crippen LogP contribution >= 0.6 is 0 Å². The van der Waals surface area contributed by atoms with Gasteiger partial charge in [-0.25, -0.2) is 0 Å². The molecule has 25 heavy (non-hydrogen) atoms. The summed E-state index contributed by atoms with van der Waals surface area (Å²) in [6.07, 6.45) is 4.25. The Balaban J connectivity index is 1.83. The Morgan fingerprint density at radius 3 is 2.48 bits per heavy atom. The van der Waals surface area contributed by atoms with Gasteiger partial charge in [0.1, 0.15) is 5.75 Å². The molecule has 0 aliphatic rings. The monoisotopic (exact) mass is 336 g/mol. The molecule has 0 aliphatic heterocycles. The lowest BCUT2D eigenvalue weighted by Gasteiger charge is -2.15. The average Bonchev–Trinajstić information content (AvgIpc) is 3.04. The molecule has 132 valence electrons. The molecule has 0 saturated carbocycles. The highest BCUT2D eigenvalue weighted by Gasteiger charge is 2.17. The first-order chi connectivity index (χ1) is 12.3. The Morgan fingerprint density at radius 1 is 1.04 bits per heavy atom. The van der Waals surface area contributed by atoms with Crippen LogP contribution in [0.25, 0.3) is 10.9 Å². The molecule has 2 N–H and O–H groups in total. The van der Waals surface area contributed by atoms with Crippen molar-refractivity contribution in [3.05, 3.63) is 65.9 Å². The van der Waals surface area contributed by atoms with E-state index in [0.717, 1.165) is 31.7 Å². The van der Waals surface area contributed by atoms with Crippen molar-refractivity contribution in [1.82, 2.24) is 4.57 Å². The lowest BCUT2D eigenvalue weighted by Crippen LogP contribution is -2.15. The molecule has 0 bridgehead atoms. The summed E-state index contributed by atoms with van der Waals surface area (Å²) in [5.41, 5.74) is 10.1. The van der Waals surface area contributed by atoms with Crippen LogP contribution in [-0.2, 0) is 13.0 Å². The normalized spacial score (nSPS) is 12.4. The number of para-hydroxylation sites is 1. The van der Waals surface area contributed by atoms with E-state index in [-0.39, 0.29) is 0 Å². The van der Waals surface area contributed by atoms with Gasteiger partial charge < -0.3 is 15.0 Å². The van der Waals surface area contributed by atoms with E-state index >= 15 is 0 Å². The van der Waals surface area contributed by atoms with Crippen LogP contribution in [0.5, 0.6) is 5.75 Å².